The second-order valence-corrected chi connectivity index (χ2v) is 9.28. The van der Waals surface area contributed by atoms with Gasteiger partial charge in [0.05, 0.1) is 0 Å². The van der Waals surface area contributed by atoms with Gasteiger partial charge in [0.15, 0.2) is 0 Å². The summed E-state index contributed by atoms with van der Waals surface area (Å²) in [5, 5.41) is 8.59. The molecular formula is C11H24Cl2OSi. The maximum atomic E-state index is 8.59. The van der Waals surface area contributed by atoms with Crippen molar-refractivity contribution in [3.63, 3.8) is 0 Å². The zero-order valence-electron chi connectivity index (χ0n) is 9.56. The molecule has 0 radical (unpaired) electrons. The molecule has 0 rings (SSSR count). The largest absolute Gasteiger partial charge is 0.396 e. The van der Waals surface area contributed by atoms with Crippen molar-refractivity contribution in [1.82, 2.24) is 0 Å². The molecule has 0 aromatic carbocycles. The van der Waals surface area contributed by atoms with Crippen molar-refractivity contribution in [3.8, 4) is 0 Å². The van der Waals surface area contributed by atoms with E-state index in [0.29, 0.717) is 6.61 Å². The normalized spacial score (nSPS) is 11.2. The van der Waals surface area contributed by atoms with E-state index in [9.17, 15) is 0 Å². The topological polar surface area (TPSA) is 20.2 Å². The maximum Gasteiger partial charge on any atom is 0.237 e. The molecule has 92 valence electrons. The molecule has 1 nitrogen and oxygen atoms in total. The average Bonchev–Trinajstić information content (AvgIpc) is 2.20. The Morgan fingerprint density at radius 2 is 1.07 bits per heavy atom. The molecule has 0 spiro atoms. The van der Waals surface area contributed by atoms with Gasteiger partial charge in [-0.3, -0.25) is 0 Å². The molecule has 0 amide bonds. The molecule has 0 aliphatic rings. The third-order valence-corrected chi connectivity index (χ3v) is 4.73. The van der Waals surface area contributed by atoms with E-state index in [1.54, 1.807) is 0 Å². The first kappa shape index (κ1) is 15.8. The lowest BCUT2D eigenvalue weighted by atomic mass is 10.1. The van der Waals surface area contributed by atoms with E-state index in [1.165, 1.54) is 51.4 Å². The second kappa shape index (κ2) is 12.8. The van der Waals surface area contributed by atoms with Crippen LogP contribution in [0, 0.1) is 0 Å². The van der Waals surface area contributed by atoms with Crippen LogP contribution in [0.3, 0.4) is 0 Å². The summed E-state index contributed by atoms with van der Waals surface area (Å²) < 4.78 is 0. The van der Waals surface area contributed by atoms with Crippen LogP contribution in [-0.2, 0) is 0 Å². The fraction of sp³-hybridized carbons (Fsp3) is 1.00. The van der Waals surface area contributed by atoms with Crippen molar-refractivity contribution in [1.29, 1.82) is 0 Å². The van der Waals surface area contributed by atoms with Gasteiger partial charge < -0.3 is 5.11 Å². The van der Waals surface area contributed by atoms with Gasteiger partial charge in [-0.25, -0.2) is 0 Å². The first-order valence-corrected chi connectivity index (χ1v) is 10.5. The van der Waals surface area contributed by atoms with Crippen molar-refractivity contribution >= 4 is 29.6 Å². The van der Waals surface area contributed by atoms with Gasteiger partial charge in [0.25, 0.3) is 0 Å². The lowest BCUT2D eigenvalue weighted by Crippen LogP contribution is -1.91. The van der Waals surface area contributed by atoms with E-state index in [-0.39, 0.29) is 0 Å². The molecule has 0 aromatic rings. The fourth-order valence-electron chi connectivity index (χ4n) is 1.65. The van der Waals surface area contributed by atoms with Crippen LogP contribution in [0.4, 0.5) is 0 Å². The molecule has 0 aliphatic carbocycles. The number of unbranched alkanes of at least 4 members (excludes halogenated alkanes) is 8. The van der Waals surface area contributed by atoms with Crippen LogP contribution in [0.5, 0.6) is 0 Å². The van der Waals surface area contributed by atoms with Crippen LogP contribution in [0.25, 0.3) is 0 Å². The number of hydrogen-bond donors (Lipinski definition) is 1. The summed E-state index contributed by atoms with van der Waals surface area (Å²) in [6.07, 6.45) is 11.3. The zero-order chi connectivity index (χ0) is 11.4. The molecule has 0 heterocycles. The van der Waals surface area contributed by atoms with E-state index in [4.69, 9.17) is 27.3 Å². The van der Waals surface area contributed by atoms with Crippen LogP contribution in [-0.4, -0.2) is 19.1 Å². The molecule has 0 saturated heterocycles. The summed E-state index contributed by atoms with van der Waals surface area (Å²) in [6, 6.07) is 1.07. The first-order valence-electron chi connectivity index (χ1n) is 6.16. The Balaban J connectivity index is 2.87. The Labute approximate surface area is 105 Å². The minimum atomic E-state index is -1.33. The van der Waals surface area contributed by atoms with E-state index >= 15 is 0 Å². The van der Waals surface area contributed by atoms with E-state index in [1.807, 2.05) is 0 Å². The third-order valence-electron chi connectivity index (χ3n) is 2.58. The van der Waals surface area contributed by atoms with Gasteiger partial charge in [-0.15, -0.1) is 0 Å². The number of hydrogen-bond acceptors (Lipinski definition) is 1. The van der Waals surface area contributed by atoms with Crippen LogP contribution in [0.15, 0.2) is 0 Å². The Morgan fingerprint density at radius 3 is 1.47 bits per heavy atom. The SMILES string of the molecule is OCCCCCCCCCCC[SiH](Cl)Cl. The Kier molecular flexibility index (Phi) is 13.5. The minimum Gasteiger partial charge on any atom is -0.396 e. The molecular weight excluding hydrogens is 247 g/mol. The third kappa shape index (κ3) is 14.8. The van der Waals surface area contributed by atoms with Gasteiger partial charge in [-0.1, -0.05) is 51.4 Å². The van der Waals surface area contributed by atoms with Gasteiger partial charge in [0.2, 0.25) is 7.42 Å². The smallest absolute Gasteiger partial charge is 0.237 e. The summed E-state index contributed by atoms with van der Waals surface area (Å²) in [4.78, 5) is 0. The monoisotopic (exact) mass is 270 g/mol. The Bertz CT molecular complexity index is 123. The molecule has 15 heavy (non-hydrogen) atoms. The lowest BCUT2D eigenvalue weighted by molar-refractivity contribution is 0.282. The molecule has 1 N–H and O–H groups in total. The highest BCUT2D eigenvalue weighted by molar-refractivity contribution is 7.33. The minimum absolute atomic E-state index is 0.349. The summed E-state index contributed by atoms with van der Waals surface area (Å²) in [5.41, 5.74) is 0. The van der Waals surface area contributed by atoms with Gasteiger partial charge in [-0.05, 0) is 12.5 Å². The van der Waals surface area contributed by atoms with Gasteiger partial charge in [-0.2, -0.15) is 22.2 Å². The van der Waals surface area contributed by atoms with Crippen LogP contribution in [0.2, 0.25) is 6.04 Å². The summed E-state index contributed by atoms with van der Waals surface area (Å²) in [7, 11) is -1.33. The van der Waals surface area contributed by atoms with Crippen molar-refractivity contribution in [2.45, 2.75) is 63.8 Å². The first-order chi connectivity index (χ1) is 7.27. The van der Waals surface area contributed by atoms with Crippen molar-refractivity contribution in [2.24, 2.45) is 0 Å². The molecule has 0 atom stereocenters. The molecule has 0 aromatic heterocycles. The highest BCUT2D eigenvalue weighted by Gasteiger charge is 2.00. The van der Waals surface area contributed by atoms with E-state index < -0.39 is 7.42 Å². The summed E-state index contributed by atoms with van der Waals surface area (Å²) >= 11 is 11.5. The van der Waals surface area contributed by atoms with Gasteiger partial charge in [0, 0.05) is 6.61 Å². The second-order valence-electron chi connectivity index (χ2n) is 4.09. The van der Waals surface area contributed by atoms with Crippen molar-refractivity contribution in [2.75, 3.05) is 6.61 Å². The molecule has 0 unspecified atom stereocenters. The highest BCUT2D eigenvalue weighted by Crippen LogP contribution is 2.13. The predicted molar refractivity (Wildman–Crippen MR) is 72.3 cm³/mol. The summed E-state index contributed by atoms with van der Waals surface area (Å²) in [5.74, 6) is 0. The van der Waals surface area contributed by atoms with Gasteiger partial charge >= 0.3 is 0 Å². The summed E-state index contributed by atoms with van der Waals surface area (Å²) in [6.45, 7) is 0.349. The Hall–Kier alpha value is 0.757. The molecule has 0 aliphatic heterocycles. The molecule has 0 fully saturated rings. The zero-order valence-corrected chi connectivity index (χ0v) is 12.2. The number of halogens is 2. The van der Waals surface area contributed by atoms with Crippen LogP contribution < -0.4 is 0 Å². The van der Waals surface area contributed by atoms with Crippen LogP contribution >= 0.6 is 22.2 Å². The standard InChI is InChI=1S/C11H24Cl2OSi/c12-15(13)11-9-7-5-3-1-2-4-6-8-10-14/h14-15H,1-11H2. The molecule has 0 saturated carbocycles. The van der Waals surface area contributed by atoms with Gasteiger partial charge in [0.1, 0.15) is 0 Å². The number of aliphatic hydroxyl groups is 1. The quantitative estimate of drug-likeness (QED) is 0.339. The number of rotatable bonds is 11. The maximum absolute atomic E-state index is 8.59. The van der Waals surface area contributed by atoms with E-state index in [0.717, 1.165) is 12.5 Å². The highest BCUT2D eigenvalue weighted by atomic mass is 35.7. The predicted octanol–water partition coefficient (Wildman–Crippen LogP) is 4.19. The average molecular weight is 271 g/mol. The molecule has 0 bridgehead atoms. The van der Waals surface area contributed by atoms with Crippen molar-refractivity contribution in [3.05, 3.63) is 0 Å². The van der Waals surface area contributed by atoms with Crippen LogP contribution in [0.1, 0.15) is 57.8 Å². The fourth-order valence-corrected chi connectivity index (χ4v) is 3.17. The lowest BCUT2D eigenvalue weighted by Gasteiger charge is -2.02. The number of aliphatic hydroxyl groups excluding tert-OH is 1. The van der Waals surface area contributed by atoms with E-state index in [2.05, 4.69) is 0 Å². The Morgan fingerprint density at radius 1 is 0.667 bits per heavy atom. The van der Waals surface area contributed by atoms with Crippen molar-refractivity contribution < 1.29 is 5.11 Å². The molecule has 4 heteroatoms.